The van der Waals surface area contributed by atoms with Crippen molar-refractivity contribution in [2.45, 2.75) is 52.5 Å². The quantitative estimate of drug-likeness (QED) is 0.884. The first kappa shape index (κ1) is 14.0. The monoisotopic (exact) mass is 285 g/mol. The molecule has 0 aliphatic heterocycles. The molecule has 112 valence electrons. The van der Waals surface area contributed by atoms with Crippen LogP contribution in [0.3, 0.4) is 0 Å². The second kappa shape index (κ2) is 5.84. The van der Waals surface area contributed by atoms with Crippen LogP contribution in [-0.4, -0.2) is 26.3 Å². The lowest BCUT2D eigenvalue weighted by atomic mass is 10.1. The molecule has 1 fully saturated rings. The fraction of sp³-hybridized carbons (Fsp3) is 0.562. The lowest BCUT2D eigenvalue weighted by Gasteiger charge is -2.12. The number of rotatable bonds is 6. The Kier molecular flexibility index (Phi) is 3.90. The van der Waals surface area contributed by atoms with Crippen LogP contribution in [-0.2, 0) is 6.54 Å². The van der Waals surface area contributed by atoms with Crippen molar-refractivity contribution in [2.24, 2.45) is 0 Å². The molecule has 3 rings (SSSR count). The molecule has 1 saturated carbocycles. The van der Waals surface area contributed by atoms with E-state index in [-0.39, 0.29) is 0 Å². The van der Waals surface area contributed by atoms with Gasteiger partial charge in [-0.05, 0) is 33.1 Å². The zero-order chi connectivity index (χ0) is 14.8. The highest BCUT2D eigenvalue weighted by Gasteiger charge is 2.28. The predicted octanol–water partition coefficient (Wildman–Crippen LogP) is 3.37. The minimum absolute atomic E-state index is 0.549. The molecule has 2 aromatic rings. The third-order valence-electron chi connectivity index (χ3n) is 3.88. The summed E-state index contributed by atoms with van der Waals surface area (Å²) in [5, 5.41) is 7.81. The first-order chi connectivity index (χ1) is 10.2. The van der Waals surface area contributed by atoms with E-state index < -0.39 is 0 Å². The van der Waals surface area contributed by atoms with Crippen molar-refractivity contribution in [3.8, 4) is 11.3 Å². The van der Waals surface area contributed by atoms with Gasteiger partial charge in [-0.1, -0.05) is 6.92 Å². The van der Waals surface area contributed by atoms with Crippen LogP contribution < -0.4 is 5.32 Å². The molecule has 0 bridgehead atoms. The molecule has 0 saturated heterocycles. The number of hydrogen-bond acceptors (Lipinski definition) is 4. The summed E-state index contributed by atoms with van der Waals surface area (Å²) in [6.45, 7) is 8.16. The number of aromatic nitrogens is 4. The highest BCUT2D eigenvalue weighted by molar-refractivity contribution is 5.67. The van der Waals surface area contributed by atoms with Crippen molar-refractivity contribution in [2.75, 3.05) is 11.9 Å². The second-order valence-electron chi connectivity index (χ2n) is 5.69. The molecule has 21 heavy (non-hydrogen) atoms. The van der Waals surface area contributed by atoms with Gasteiger partial charge in [0, 0.05) is 36.3 Å². The van der Waals surface area contributed by atoms with Gasteiger partial charge in [-0.25, -0.2) is 9.97 Å². The van der Waals surface area contributed by atoms with E-state index in [1.807, 2.05) is 10.9 Å². The summed E-state index contributed by atoms with van der Waals surface area (Å²) in [4.78, 5) is 9.55. The minimum atomic E-state index is 0.549. The maximum absolute atomic E-state index is 4.82. The average molecular weight is 285 g/mol. The van der Waals surface area contributed by atoms with Crippen LogP contribution in [0.2, 0.25) is 0 Å². The third-order valence-corrected chi connectivity index (χ3v) is 3.88. The van der Waals surface area contributed by atoms with Crippen molar-refractivity contribution in [3.05, 3.63) is 23.8 Å². The smallest absolute Gasteiger partial charge is 0.134 e. The molecule has 5 heteroatoms. The SMILES string of the molecule is CCCNc1nc(C2CC2)nc(-c2cnn(CC)c2)c1C. The van der Waals surface area contributed by atoms with Gasteiger partial charge in [-0.2, -0.15) is 5.10 Å². The molecule has 0 radical (unpaired) electrons. The Hall–Kier alpha value is -1.91. The zero-order valence-corrected chi connectivity index (χ0v) is 13.1. The molecular formula is C16H23N5. The van der Waals surface area contributed by atoms with Crippen LogP contribution in [0.4, 0.5) is 5.82 Å². The summed E-state index contributed by atoms with van der Waals surface area (Å²) in [6, 6.07) is 0. The standard InChI is InChI=1S/C16H23N5/c1-4-8-17-15-11(3)14(13-9-18-21(5-2)10-13)19-16(20-15)12-6-7-12/h9-10,12H,4-8H2,1-3H3,(H,17,19,20). The van der Waals surface area contributed by atoms with E-state index in [9.17, 15) is 0 Å². The number of nitrogens with one attached hydrogen (secondary N) is 1. The molecule has 0 spiro atoms. The van der Waals surface area contributed by atoms with Crippen LogP contribution in [0.5, 0.6) is 0 Å². The summed E-state index contributed by atoms with van der Waals surface area (Å²) in [5.41, 5.74) is 3.21. The van der Waals surface area contributed by atoms with Gasteiger partial charge in [0.15, 0.2) is 0 Å². The van der Waals surface area contributed by atoms with Crippen LogP contribution in [0.1, 0.15) is 50.4 Å². The van der Waals surface area contributed by atoms with Gasteiger partial charge in [0.25, 0.3) is 0 Å². The molecule has 0 atom stereocenters. The topological polar surface area (TPSA) is 55.6 Å². The van der Waals surface area contributed by atoms with E-state index in [0.29, 0.717) is 5.92 Å². The van der Waals surface area contributed by atoms with Crippen molar-refractivity contribution in [1.29, 1.82) is 0 Å². The Morgan fingerprint density at radius 3 is 2.71 bits per heavy atom. The summed E-state index contributed by atoms with van der Waals surface area (Å²) in [6.07, 6.45) is 7.48. The summed E-state index contributed by atoms with van der Waals surface area (Å²) in [5.74, 6) is 2.51. The van der Waals surface area contributed by atoms with Gasteiger partial charge in [-0.3, -0.25) is 4.68 Å². The molecule has 0 unspecified atom stereocenters. The van der Waals surface area contributed by atoms with Crippen molar-refractivity contribution in [3.63, 3.8) is 0 Å². The Morgan fingerprint density at radius 1 is 1.29 bits per heavy atom. The summed E-state index contributed by atoms with van der Waals surface area (Å²) < 4.78 is 1.94. The van der Waals surface area contributed by atoms with Gasteiger partial charge in [0.05, 0.1) is 11.9 Å². The third kappa shape index (κ3) is 2.91. The molecule has 1 aliphatic carbocycles. The van der Waals surface area contributed by atoms with Crippen molar-refractivity contribution < 1.29 is 0 Å². The number of aryl methyl sites for hydroxylation is 1. The largest absolute Gasteiger partial charge is 0.370 e. The van der Waals surface area contributed by atoms with Crippen LogP contribution in [0.25, 0.3) is 11.3 Å². The number of nitrogens with zero attached hydrogens (tertiary/aromatic N) is 4. The molecule has 5 nitrogen and oxygen atoms in total. The molecule has 0 amide bonds. The van der Waals surface area contributed by atoms with Crippen molar-refractivity contribution in [1.82, 2.24) is 19.7 Å². The van der Waals surface area contributed by atoms with E-state index in [1.165, 1.54) is 12.8 Å². The Bertz CT molecular complexity index is 628. The zero-order valence-electron chi connectivity index (χ0n) is 13.1. The first-order valence-corrected chi connectivity index (χ1v) is 7.88. The molecule has 0 aromatic carbocycles. The van der Waals surface area contributed by atoms with E-state index in [1.54, 1.807) is 0 Å². The second-order valence-corrected chi connectivity index (χ2v) is 5.69. The summed E-state index contributed by atoms with van der Waals surface area (Å²) in [7, 11) is 0. The van der Waals surface area contributed by atoms with Crippen LogP contribution >= 0.6 is 0 Å². The van der Waals surface area contributed by atoms with Gasteiger partial charge in [0.2, 0.25) is 0 Å². The minimum Gasteiger partial charge on any atom is -0.370 e. The maximum Gasteiger partial charge on any atom is 0.134 e. The van der Waals surface area contributed by atoms with E-state index in [0.717, 1.165) is 48.0 Å². The van der Waals surface area contributed by atoms with E-state index >= 15 is 0 Å². The van der Waals surface area contributed by atoms with Gasteiger partial charge < -0.3 is 5.32 Å². The lowest BCUT2D eigenvalue weighted by molar-refractivity contribution is 0.660. The maximum atomic E-state index is 4.82. The molecular weight excluding hydrogens is 262 g/mol. The molecule has 2 heterocycles. The highest BCUT2D eigenvalue weighted by Crippen LogP contribution is 2.40. The normalized spacial score (nSPS) is 14.4. The van der Waals surface area contributed by atoms with E-state index in [2.05, 4.69) is 37.4 Å². The molecule has 2 aromatic heterocycles. The number of hydrogen-bond donors (Lipinski definition) is 1. The predicted molar refractivity (Wildman–Crippen MR) is 84.4 cm³/mol. The Balaban J connectivity index is 2.02. The Morgan fingerprint density at radius 2 is 2.10 bits per heavy atom. The van der Waals surface area contributed by atoms with Gasteiger partial charge in [0.1, 0.15) is 11.6 Å². The molecule has 1 N–H and O–H groups in total. The average Bonchev–Trinajstić information content (AvgIpc) is 3.24. The van der Waals surface area contributed by atoms with Crippen LogP contribution in [0, 0.1) is 6.92 Å². The Labute approximate surface area is 125 Å². The summed E-state index contributed by atoms with van der Waals surface area (Å²) >= 11 is 0. The fourth-order valence-electron chi connectivity index (χ4n) is 2.41. The first-order valence-electron chi connectivity index (χ1n) is 7.88. The molecule has 1 aliphatic rings. The lowest BCUT2D eigenvalue weighted by Crippen LogP contribution is -2.08. The van der Waals surface area contributed by atoms with E-state index in [4.69, 9.17) is 9.97 Å². The van der Waals surface area contributed by atoms with Crippen molar-refractivity contribution >= 4 is 5.82 Å². The van der Waals surface area contributed by atoms with Gasteiger partial charge in [-0.15, -0.1) is 0 Å². The van der Waals surface area contributed by atoms with Gasteiger partial charge >= 0.3 is 0 Å². The van der Waals surface area contributed by atoms with Crippen LogP contribution in [0.15, 0.2) is 12.4 Å². The highest BCUT2D eigenvalue weighted by atomic mass is 15.3. The number of anilines is 1. The fourth-order valence-corrected chi connectivity index (χ4v) is 2.41.